The molecule has 0 bridgehead atoms. The van der Waals surface area contributed by atoms with Crippen LogP contribution < -0.4 is 5.32 Å². The van der Waals surface area contributed by atoms with Gasteiger partial charge in [-0.25, -0.2) is 0 Å². The van der Waals surface area contributed by atoms with Gasteiger partial charge in [-0.05, 0) is 47.9 Å². The van der Waals surface area contributed by atoms with Gasteiger partial charge in [0.15, 0.2) is 0 Å². The summed E-state index contributed by atoms with van der Waals surface area (Å²) < 4.78 is 0. The molecule has 0 saturated carbocycles. The van der Waals surface area contributed by atoms with Crippen molar-refractivity contribution in [2.75, 3.05) is 18.6 Å². The van der Waals surface area contributed by atoms with E-state index in [9.17, 15) is 0 Å². The van der Waals surface area contributed by atoms with Crippen LogP contribution in [0, 0.1) is 0 Å². The van der Waals surface area contributed by atoms with E-state index >= 15 is 0 Å². The number of rotatable bonds is 7. The van der Waals surface area contributed by atoms with E-state index in [-0.39, 0.29) is 0 Å². The molecule has 2 rings (SSSR count). The molecule has 0 aliphatic carbocycles. The first kappa shape index (κ1) is 13.1. The summed E-state index contributed by atoms with van der Waals surface area (Å²) in [6, 6.07) is 6.60. The van der Waals surface area contributed by atoms with Gasteiger partial charge in [-0.15, -0.1) is 22.7 Å². The summed E-state index contributed by atoms with van der Waals surface area (Å²) >= 11 is 5.57. The zero-order valence-electron chi connectivity index (χ0n) is 9.94. The minimum Gasteiger partial charge on any atom is -0.312 e. The third-order valence-electron chi connectivity index (χ3n) is 2.46. The molecule has 2 aromatic heterocycles. The SMILES string of the molecule is CSCCCNCc1cc(-c2cccs2)cs1. The summed E-state index contributed by atoms with van der Waals surface area (Å²) in [6.45, 7) is 2.12. The van der Waals surface area contributed by atoms with E-state index in [1.807, 2.05) is 34.4 Å². The van der Waals surface area contributed by atoms with Crippen LogP contribution in [0.3, 0.4) is 0 Å². The van der Waals surface area contributed by atoms with E-state index in [1.165, 1.54) is 27.5 Å². The maximum atomic E-state index is 3.50. The molecular weight excluding hydrogens is 266 g/mol. The molecule has 92 valence electrons. The lowest BCUT2D eigenvalue weighted by Gasteiger charge is -2.01. The highest BCUT2D eigenvalue weighted by Gasteiger charge is 2.02. The first-order valence-electron chi connectivity index (χ1n) is 5.71. The van der Waals surface area contributed by atoms with Crippen LogP contribution in [-0.4, -0.2) is 18.6 Å². The highest BCUT2D eigenvalue weighted by molar-refractivity contribution is 7.98. The Morgan fingerprint density at radius 3 is 3.06 bits per heavy atom. The van der Waals surface area contributed by atoms with Crippen molar-refractivity contribution in [2.45, 2.75) is 13.0 Å². The first-order chi connectivity index (χ1) is 8.40. The summed E-state index contributed by atoms with van der Waals surface area (Å²) in [4.78, 5) is 2.80. The lowest BCUT2D eigenvalue weighted by Crippen LogP contribution is -2.14. The molecule has 1 nitrogen and oxygen atoms in total. The molecular formula is C13H17NS3. The second kappa shape index (κ2) is 7.21. The fraction of sp³-hybridized carbons (Fsp3) is 0.385. The Morgan fingerprint density at radius 1 is 1.35 bits per heavy atom. The first-order valence-corrected chi connectivity index (χ1v) is 8.86. The van der Waals surface area contributed by atoms with Gasteiger partial charge in [-0.3, -0.25) is 0 Å². The molecule has 0 fully saturated rings. The Kier molecular flexibility index (Phi) is 5.58. The number of hydrogen-bond acceptors (Lipinski definition) is 4. The summed E-state index contributed by atoms with van der Waals surface area (Å²) in [7, 11) is 0. The van der Waals surface area contributed by atoms with E-state index in [0.29, 0.717) is 0 Å². The lowest BCUT2D eigenvalue weighted by molar-refractivity contribution is 0.685. The summed E-state index contributed by atoms with van der Waals surface area (Å²) in [5.41, 5.74) is 1.37. The molecule has 0 amide bonds. The number of nitrogens with one attached hydrogen (secondary N) is 1. The summed E-state index contributed by atoms with van der Waals surface area (Å²) in [6.07, 6.45) is 3.41. The Balaban J connectivity index is 1.79. The topological polar surface area (TPSA) is 12.0 Å². The van der Waals surface area contributed by atoms with E-state index < -0.39 is 0 Å². The standard InChI is InChI=1S/C13H17NS3/c1-15-6-3-5-14-9-12-8-11(10-17-12)13-4-2-7-16-13/h2,4,7-8,10,14H,3,5-6,9H2,1H3. The van der Waals surface area contributed by atoms with Gasteiger partial charge in [0.1, 0.15) is 0 Å². The van der Waals surface area contributed by atoms with Crippen LogP contribution in [0.15, 0.2) is 29.0 Å². The van der Waals surface area contributed by atoms with Crippen molar-refractivity contribution in [1.82, 2.24) is 5.32 Å². The minimum atomic E-state index is 1.00. The second-order valence-electron chi connectivity index (χ2n) is 3.80. The normalized spacial score (nSPS) is 10.9. The highest BCUT2D eigenvalue weighted by Crippen LogP contribution is 2.29. The Hall–Kier alpha value is -0.290. The molecule has 1 N–H and O–H groups in total. The molecule has 0 saturated heterocycles. The fourth-order valence-electron chi connectivity index (χ4n) is 1.60. The molecule has 0 unspecified atom stereocenters. The molecule has 4 heteroatoms. The van der Waals surface area contributed by atoms with Crippen molar-refractivity contribution in [1.29, 1.82) is 0 Å². The third-order valence-corrected chi connectivity index (χ3v) is 5.01. The van der Waals surface area contributed by atoms with Gasteiger partial charge >= 0.3 is 0 Å². The number of thiophene rings is 2. The van der Waals surface area contributed by atoms with E-state index in [0.717, 1.165) is 13.1 Å². The van der Waals surface area contributed by atoms with Gasteiger partial charge < -0.3 is 5.32 Å². The predicted octanol–water partition coefficient (Wildman–Crippen LogP) is 4.32. The Bertz CT molecular complexity index is 420. The smallest absolute Gasteiger partial charge is 0.0351 e. The van der Waals surface area contributed by atoms with Crippen LogP contribution in [0.2, 0.25) is 0 Å². The van der Waals surface area contributed by atoms with Gasteiger partial charge in [0.2, 0.25) is 0 Å². The van der Waals surface area contributed by atoms with Crippen molar-refractivity contribution in [3.8, 4) is 10.4 Å². The van der Waals surface area contributed by atoms with Gasteiger partial charge in [0.25, 0.3) is 0 Å². The van der Waals surface area contributed by atoms with Crippen molar-refractivity contribution < 1.29 is 0 Å². The summed E-state index contributed by atoms with van der Waals surface area (Å²) in [5, 5.41) is 7.88. The van der Waals surface area contributed by atoms with Gasteiger partial charge in [-0.1, -0.05) is 6.07 Å². The number of thioether (sulfide) groups is 1. The molecule has 0 radical (unpaired) electrons. The van der Waals surface area contributed by atoms with Crippen molar-refractivity contribution >= 4 is 34.4 Å². The quantitative estimate of drug-likeness (QED) is 0.760. The van der Waals surface area contributed by atoms with Crippen molar-refractivity contribution in [2.24, 2.45) is 0 Å². The van der Waals surface area contributed by atoms with E-state index in [2.05, 4.69) is 40.5 Å². The molecule has 0 aliphatic heterocycles. The molecule has 0 atom stereocenters. The van der Waals surface area contributed by atoms with Crippen molar-refractivity contribution in [3.63, 3.8) is 0 Å². The second-order valence-corrected chi connectivity index (χ2v) is 6.73. The van der Waals surface area contributed by atoms with Crippen LogP contribution in [-0.2, 0) is 6.54 Å². The van der Waals surface area contributed by atoms with E-state index in [4.69, 9.17) is 0 Å². The Labute approximate surface area is 115 Å². The largest absolute Gasteiger partial charge is 0.312 e. The molecule has 0 aromatic carbocycles. The van der Waals surface area contributed by atoms with Gasteiger partial charge in [0.05, 0.1) is 0 Å². The monoisotopic (exact) mass is 283 g/mol. The zero-order chi connectivity index (χ0) is 11.9. The van der Waals surface area contributed by atoms with Crippen molar-refractivity contribution in [3.05, 3.63) is 33.8 Å². The van der Waals surface area contributed by atoms with Crippen LogP contribution in [0.25, 0.3) is 10.4 Å². The van der Waals surface area contributed by atoms with Crippen LogP contribution in [0.5, 0.6) is 0 Å². The minimum absolute atomic E-state index is 1.00. The van der Waals surface area contributed by atoms with Crippen LogP contribution in [0.4, 0.5) is 0 Å². The average Bonchev–Trinajstić information content (AvgIpc) is 2.99. The molecule has 17 heavy (non-hydrogen) atoms. The maximum absolute atomic E-state index is 3.50. The lowest BCUT2D eigenvalue weighted by atomic mass is 10.2. The highest BCUT2D eigenvalue weighted by atomic mass is 32.2. The van der Waals surface area contributed by atoms with Crippen LogP contribution >= 0.6 is 34.4 Å². The van der Waals surface area contributed by atoms with E-state index in [1.54, 1.807) is 0 Å². The Morgan fingerprint density at radius 2 is 2.29 bits per heavy atom. The number of hydrogen-bond donors (Lipinski definition) is 1. The fourth-order valence-corrected chi connectivity index (χ4v) is 3.67. The van der Waals surface area contributed by atoms with Gasteiger partial charge in [-0.2, -0.15) is 11.8 Å². The maximum Gasteiger partial charge on any atom is 0.0351 e. The predicted molar refractivity (Wildman–Crippen MR) is 82.3 cm³/mol. The molecule has 0 spiro atoms. The molecule has 2 heterocycles. The average molecular weight is 283 g/mol. The molecule has 2 aromatic rings. The third kappa shape index (κ3) is 4.14. The van der Waals surface area contributed by atoms with Crippen LogP contribution in [0.1, 0.15) is 11.3 Å². The summed E-state index contributed by atoms with van der Waals surface area (Å²) in [5.74, 6) is 1.25. The van der Waals surface area contributed by atoms with Gasteiger partial charge in [0, 0.05) is 21.9 Å². The zero-order valence-corrected chi connectivity index (χ0v) is 12.4. The molecule has 0 aliphatic rings.